The van der Waals surface area contributed by atoms with Crippen molar-refractivity contribution in [1.82, 2.24) is 9.80 Å². The van der Waals surface area contributed by atoms with E-state index in [0.717, 1.165) is 0 Å². The fourth-order valence-corrected chi connectivity index (χ4v) is 3.38. The van der Waals surface area contributed by atoms with Gasteiger partial charge in [-0.25, -0.2) is 0 Å². The van der Waals surface area contributed by atoms with E-state index in [9.17, 15) is 4.79 Å². The molecule has 0 spiro atoms. The van der Waals surface area contributed by atoms with E-state index in [1.807, 2.05) is 0 Å². The van der Waals surface area contributed by atoms with E-state index in [-0.39, 0.29) is 5.92 Å². The number of aliphatic carboxylic acids is 1. The van der Waals surface area contributed by atoms with Crippen LogP contribution in [0.5, 0.6) is 0 Å². The molecular weight excluding hydrogens is 216 g/mol. The molecule has 0 aliphatic carbocycles. The first-order chi connectivity index (χ1) is 8.09. The van der Waals surface area contributed by atoms with E-state index < -0.39 is 5.97 Å². The van der Waals surface area contributed by atoms with Gasteiger partial charge in [0.1, 0.15) is 0 Å². The normalized spacial score (nSPS) is 31.5. The molecule has 2 aliphatic rings. The van der Waals surface area contributed by atoms with Crippen LogP contribution in [-0.2, 0) is 4.79 Å². The van der Waals surface area contributed by atoms with Gasteiger partial charge in [-0.15, -0.1) is 0 Å². The number of hydrogen-bond acceptors (Lipinski definition) is 3. The van der Waals surface area contributed by atoms with Gasteiger partial charge in [-0.2, -0.15) is 0 Å². The molecule has 2 fully saturated rings. The quantitative estimate of drug-likeness (QED) is 0.803. The molecule has 2 heterocycles. The van der Waals surface area contributed by atoms with E-state index in [1.54, 1.807) is 6.92 Å². The Morgan fingerprint density at radius 2 is 2.18 bits per heavy atom. The standard InChI is InChI=1S/C13H24N2O2/c1-10(13(16)17)9-14(2)11-6-8-15-7-4-3-5-12(11)15/h10-12H,3-9H2,1-2H3,(H,16,17). The maximum absolute atomic E-state index is 10.9. The average Bonchev–Trinajstić information content (AvgIpc) is 2.72. The Labute approximate surface area is 104 Å². The minimum atomic E-state index is -0.685. The third-order valence-corrected chi connectivity index (χ3v) is 4.37. The molecule has 2 aliphatic heterocycles. The Balaban J connectivity index is 1.91. The summed E-state index contributed by atoms with van der Waals surface area (Å²) in [6.45, 7) is 4.90. The highest BCUT2D eigenvalue weighted by molar-refractivity contribution is 5.69. The van der Waals surface area contributed by atoms with Crippen LogP contribution >= 0.6 is 0 Å². The summed E-state index contributed by atoms with van der Waals surface area (Å²) < 4.78 is 0. The number of rotatable bonds is 4. The molecule has 2 rings (SSSR count). The van der Waals surface area contributed by atoms with Gasteiger partial charge < -0.3 is 10.0 Å². The van der Waals surface area contributed by atoms with Gasteiger partial charge in [-0.1, -0.05) is 13.3 Å². The molecule has 0 radical (unpaired) electrons. The molecular formula is C13H24N2O2. The molecule has 17 heavy (non-hydrogen) atoms. The number of hydrogen-bond donors (Lipinski definition) is 1. The first-order valence-electron chi connectivity index (χ1n) is 6.76. The lowest BCUT2D eigenvalue weighted by Gasteiger charge is -2.36. The van der Waals surface area contributed by atoms with E-state index in [0.29, 0.717) is 18.6 Å². The van der Waals surface area contributed by atoms with Crippen LogP contribution in [0.1, 0.15) is 32.6 Å². The molecule has 98 valence electrons. The summed E-state index contributed by atoms with van der Waals surface area (Å²) in [6, 6.07) is 1.24. The van der Waals surface area contributed by atoms with Gasteiger partial charge in [0.15, 0.2) is 0 Å². The molecule has 4 nitrogen and oxygen atoms in total. The monoisotopic (exact) mass is 240 g/mol. The van der Waals surface area contributed by atoms with Crippen LogP contribution in [0.25, 0.3) is 0 Å². The van der Waals surface area contributed by atoms with Crippen molar-refractivity contribution >= 4 is 5.97 Å². The molecule has 3 unspecified atom stereocenters. The molecule has 0 bridgehead atoms. The average molecular weight is 240 g/mol. The van der Waals surface area contributed by atoms with Crippen LogP contribution in [-0.4, -0.2) is 59.6 Å². The number of carboxylic acid groups (broad SMARTS) is 1. The SMILES string of the molecule is CC(CN(C)C1CCN2CCCCC12)C(=O)O. The van der Waals surface area contributed by atoms with Gasteiger partial charge in [0.05, 0.1) is 5.92 Å². The van der Waals surface area contributed by atoms with Gasteiger partial charge in [0.25, 0.3) is 0 Å². The third kappa shape index (κ3) is 2.80. The van der Waals surface area contributed by atoms with Gasteiger partial charge in [-0.3, -0.25) is 9.69 Å². The maximum Gasteiger partial charge on any atom is 0.307 e. The summed E-state index contributed by atoms with van der Waals surface area (Å²) in [6.07, 6.45) is 5.16. The zero-order valence-electron chi connectivity index (χ0n) is 10.9. The largest absolute Gasteiger partial charge is 0.481 e. The fraction of sp³-hybridized carbons (Fsp3) is 0.923. The third-order valence-electron chi connectivity index (χ3n) is 4.37. The fourth-order valence-electron chi connectivity index (χ4n) is 3.38. The highest BCUT2D eigenvalue weighted by atomic mass is 16.4. The topological polar surface area (TPSA) is 43.8 Å². The van der Waals surface area contributed by atoms with E-state index >= 15 is 0 Å². The Bertz CT molecular complexity index is 283. The van der Waals surface area contributed by atoms with E-state index in [2.05, 4.69) is 16.8 Å². The first kappa shape index (κ1) is 12.8. The molecule has 1 N–H and O–H groups in total. The summed E-state index contributed by atoms with van der Waals surface area (Å²) in [5.74, 6) is -0.951. The second-order valence-electron chi connectivity index (χ2n) is 5.63. The van der Waals surface area contributed by atoms with Gasteiger partial charge in [0, 0.05) is 25.2 Å². The van der Waals surface area contributed by atoms with Crippen LogP contribution < -0.4 is 0 Å². The molecule has 0 aromatic rings. The molecule has 0 amide bonds. The minimum absolute atomic E-state index is 0.266. The molecule has 0 saturated carbocycles. The Morgan fingerprint density at radius 3 is 2.88 bits per heavy atom. The summed E-state index contributed by atoms with van der Waals surface area (Å²) in [5, 5.41) is 8.97. The van der Waals surface area contributed by atoms with Gasteiger partial charge in [0.2, 0.25) is 0 Å². The lowest BCUT2D eigenvalue weighted by Crippen LogP contribution is -2.47. The van der Waals surface area contributed by atoms with Crippen LogP contribution in [0.3, 0.4) is 0 Å². The number of fused-ring (bicyclic) bond motifs is 1. The lowest BCUT2D eigenvalue weighted by atomic mass is 9.97. The Morgan fingerprint density at radius 1 is 1.41 bits per heavy atom. The van der Waals surface area contributed by atoms with Crippen LogP contribution in [0, 0.1) is 5.92 Å². The predicted molar refractivity (Wildman–Crippen MR) is 67.0 cm³/mol. The molecule has 0 aromatic carbocycles. The summed E-state index contributed by atoms with van der Waals surface area (Å²) in [7, 11) is 2.09. The van der Waals surface area contributed by atoms with Gasteiger partial charge >= 0.3 is 5.97 Å². The van der Waals surface area contributed by atoms with Crippen molar-refractivity contribution < 1.29 is 9.90 Å². The molecule has 4 heteroatoms. The zero-order chi connectivity index (χ0) is 12.4. The number of nitrogens with zero attached hydrogens (tertiary/aromatic N) is 2. The molecule has 0 aromatic heterocycles. The number of piperidine rings is 1. The summed E-state index contributed by atoms with van der Waals surface area (Å²) in [4.78, 5) is 15.8. The molecule has 3 atom stereocenters. The van der Waals surface area contributed by atoms with Crippen molar-refractivity contribution in [1.29, 1.82) is 0 Å². The predicted octanol–water partition coefficient (Wildman–Crippen LogP) is 1.27. The van der Waals surface area contributed by atoms with Crippen molar-refractivity contribution in [2.45, 2.75) is 44.7 Å². The van der Waals surface area contributed by atoms with Crippen molar-refractivity contribution in [3.05, 3.63) is 0 Å². The summed E-state index contributed by atoms with van der Waals surface area (Å²) >= 11 is 0. The number of carbonyl (C=O) groups is 1. The Hall–Kier alpha value is -0.610. The van der Waals surface area contributed by atoms with Gasteiger partial charge in [-0.05, 0) is 32.9 Å². The molecule has 2 saturated heterocycles. The number of carboxylic acids is 1. The highest BCUT2D eigenvalue weighted by Crippen LogP contribution is 2.30. The van der Waals surface area contributed by atoms with Crippen LogP contribution in [0.4, 0.5) is 0 Å². The Kier molecular flexibility index (Phi) is 4.05. The second kappa shape index (κ2) is 5.36. The number of likely N-dealkylation sites (N-methyl/N-ethyl adjacent to an activating group) is 1. The van der Waals surface area contributed by atoms with Crippen LogP contribution in [0.15, 0.2) is 0 Å². The minimum Gasteiger partial charge on any atom is -0.481 e. The van der Waals surface area contributed by atoms with Crippen molar-refractivity contribution in [3.63, 3.8) is 0 Å². The maximum atomic E-state index is 10.9. The second-order valence-corrected chi connectivity index (χ2v) is 5.63. The smallest absolute Gasteiger partial charge is 0.307 e. The lowest BCUT2D eigenvalue weighted by molar-refractivity contribution is -0.141. The summed E-state index contributed by atoms with van der Waals surface area (Å²) in [5.41, 5.74) is 0. The van der Waals surface area contributed by atoms with Crippen molar-refractivity contribution in [2.24, 2.45) is 5.92 Å². The van der Waals surface area contributed by atoms with Crippen LogP contribution in [0.2, 0.25) is 0 Å². The van der Waals surface area contributed by atoms with Crippen molar-refractivity contribution in [2.75, 3.05) is 26.7 Å². The highest BCUT2D eigenvalue weighted by Gasteiger charge is 2.37. The zero-order valence-corrected chi connectivity index (χ0v) is 10.9. The van der Waals surface area contributed by atoms with E-state index in [1.165, 1.54) is 38.8 Å². The first-order valence-corrected chi connectivity index (χ1v) is 6.76. The van der Waals surface area contributed by atoms with E-state index in [4.69, 9.17) is 5.11 Å². The van der Waals surface area contributed by atoms with Crippen molar-refractivity contribution in [3.8, 4) is 0 Å².